The zero-order chi connectivity index (χ0) is 75.8. The molecule has 4 aliphatic heterocycles. The topological polar surface area (TPSA) is 449 Å². The maximum atomic E-state index is 13.7. The summed E-state index contributed by atoms with van der Waals surface area (Å²) in [6.07, 6.45) is -4.43. The van der Waals surface area contributed by atoms with Crippen molar-refractivity contribution in [2.75, 3.05) is 78.0 Å². The molecule has 0 saturated carbocycles. The van der Waals surface area contributed by atoms with Crippen LogP contribution in [0.4, 0.5) is 5.69 Å². The molecule has 4 fully saturated rings. The molecule has 0 bridgehead atoms. The number of anilines is 1. The zero-order valence-electron chi connectivity index (χ0n) is 61.9. The van der Waals surface area contributed by atoms with Gasteiger partial charge in [-0.2, -0.15) is 0 Å². The highest BCUT2D eigenvalue weighted by Gasteiger charge is 2.61. The minimum atomic E-state index is -3.14. The van der Waals surface area contributed by atoms with Crippen LogP contribution in [0.25, 0.3) is 0 Å². The van der Waals surface area contributed by atoms with Crippen LogP contribution in [0.3, 0.4) is 0 Å². The lowest BCUT2D eigenvalue weighted by atomic mass is 9.88. The molecule has 0 radical (unpaired) electrons. The van der Waals surface area contributed by atoms with Crippen molar-refractivity contribution in [3.63, 3.8) is 0 Å². The molecule has 0 aliphatic carbocycles. The van der Waals surface area contributed by atoms with Gasteiger partial charge in [-0.3, -0.25) is 9.59 Å². The molecule has 104 heavy (non-hydrogen) atoms. The molecule has 30 heteroatoms. The van der Waals surface area contributed by atoms with E-state index in [1.807, 2.05) is 24.3 Å². The van der Waals surface area contributed by atoms with E-state index in [0.717, 1.165) is 43.9 Å². The van der Waals surface area contributed by atoms with Gasteiger partial charge in [0.2, 0.25) is 11.8 Å². The smallest absolute Gasteiger partial charge is 0.364 e. The fourth-order valence-electron chi connectivity index (χ4n) is 13.6. The first-order valence-electron chi connectivity index (χ1n) is 38.6. The summed E-state index contributed by atoms with van der Waals surface area (Å²) in [6.45, 7) is 5.32. The van der Waals surface area contributed by atoms with Crippen LogP contribution >= 0.6 is 0 Å². The van der Waals surface area contributed by atoms with Gasteiger partial charge in [0.25, 0.3) is 5.79 Å². The fourth-order valence-corrected chi connectivity index (χ4v) is 13.6. The summed E-state index contributed by atoms with van der Waals surface area (Å²) in [6, 6.07) is 6.16. The third-order valence-corrected chi connectivity index (χ3v) is 19.8. The number of hydrogen-bond donors (Lipinski definition) is 15. The third kappa shape index (κ3) is 30.9. The summed E-state index contributed by atoms with van der Waals surface area (Å²) in [5.41, 5.74) is 1.74. The lowest BCUT2D eigenvalue weighted by Gasteiger charge is -2.51. The Bertz CT molecular complexity index is 2400. The monoisotopic (exact) mass is 1490 g/mol. The molecule has 4 aliphatic rings. The van der Waals surface area contributed by atoms with Crippen LogP contribution < -0.4 is 10.6 Å². The highest BCUT2D eigenvalue weighted by molar-refractivity contribution is 5.92. The molecule has 1 aromatic carbocycles. The number of aliphatic hydroxyl groups is 12. The number of carbonyl (C=O) groups excluding carboxylic acids is 2. The molecule has 0 unspecified atom stereocenters. The molecule has 0 spiro atoms. The Morgan fingerprint density at radius 3 is 1.49 bits per heavy atom. The summed E-state index contributed by atoms with van der Waals surface area (Å²) in [5, 5.41) is 147. The van der Waals surface area contributed by atoms with Crippen LogP contribution in [0.2, 0.25) is 0 Å². The minimum Gasteiger partial charge on any atom is -0.477 e. The van der Waals surface area contributed by atoms with Crippen LogP contribution in [0, 0.1) is 5.92 Å². The summed E-state index contributed by atoms with van der Waals surface area (Å²) in [7, 11) is 0. The van der Waals surface area contributed by atoms with Crippen molar-refractivity contribution in [1.29, 1.82) is 0 Å². The van der Waals surface area contributed by atoms with E-state index in [9.17, 15) is 80.8 Å². The Labute approximate surface area is 613 Å². The van der Waals surface area contributed by atoms with Crippen molar-refractivity contribution < 1.29 is 138 Å². The first kappa shape index (κ1) is 91.3. The molecule has 5 rings (SSSR count). The normalized spacial score (nSPS) is 30.2. The number of ether oxygens (including phenoxy) is 12. The van der Waals surface area contributed by atoms with Gasteiger partial charge in [0, 0.05) is 24.9 Å². The second-order valence-corrected chi connectivity index (χ2v) is 28.3. The van der Waals surface area contributed by atoms with Crippen molar-refractivity contribution in [2.45, 2.75) is 336 Å². The van der Waals surface area contributed by atoms with Gasteiger partial charge in [-0.05, 0) is 37.5 Å². The maximum Gasteiger partial charge on any atom is 0.364 e. The summed E-state index contributed by atoms with van der Waals surface area (Å²) >= 11 is 0. The van der Waals surface area contributed by atoms with Gasteiger partial charge in [0.1, 0.15) is 85.5 Å². The van der Waals surface area contributed by atoms with Crippen molar-refractivity contribution >= 4 is 23.5 Å². The van der Waals surface area contributed by atoms with Crippen LogP contribution in [0.5, 0.6) is 0 Å². The predicted molar refractivity (Wildman–Crippen MR) is 377 cm³/mol. The van der Waals surface area contributed by atoms with E-state index in [-0.39, 0.29) is 51.5 Å². The van der Waals surface area contributed by atoms with Gasteiger partial charge in [0.15, 0.2) is 18.9 Å². The minimum absolute atomic E-state index is 0.00226. The molecule has 0 aromatic heterocycles. The third-order valence-electron chi connectivity index (χ3n) is 19.8. The van der Waals surface area contributed by atoms with Crippen LogP contribution in [0.1, 0.15) is 207 Å². The number of aliphatic carboxylic acids is 1. The van der Waals surface area contributed by atoms with E-state index < -0.39 is 166 Å². The first-order valence-corrected chi connectivity index (χ1v) is 38.6. The number of nitrogens with one attached hydrogen (secondary N) is 2. The highest BCUT2D eigenvalue weighted by atomic mass is 16.8. The molecular formula is C74H130N2O28. The summed E-state index contributed by atoms with van der Waals surface area (Å²) in [4.78, 5) is 39.0. The predicted octanol–water partition coefficient (Wildman–Crippen LogP) is 3.66. The SMILES string of the molecule is CCCCCCCCCCCCCCC(CCCCCCCCCCCCCC)C(=O)Nc1ccc(COCCOCCOCCOCCO[C@@H]2O[C@H](CO)[C@@H](O[C@@H]3O[C@H](CO)[C@H](O)[C@H](O[C@]4(C(=O)O)C[C@H](O)[C@@H](NC(C)=O)[C@H]([C@H](O)[C@H](O)CO)O4)[C@H]3O)[C@H](O[C@@H]3O[C@@H](C)[C@@H](O)[C@@H](O)[C@@H]3O)[C@H]2O)cc1. The van der Waals surface area contributed by atoms with Crippen molar-refractivity contribution in [1.82, 2.24) is 5.32 Å². The number of hydrogen-bond acceptors (Lipinski definition) is 27. The second kappa shape index (κ2) is 51.2. The lowest BCUT2D eigenvalue weighted by Crippen LogP contribution is -2.71. The van der Waals surface area contributed by atoms with Crippen LogP contribution in [-0.2, 0) is 77.8 Å². The average Bonchev–Trinajstić information content (AvgIpc) is 0.754. The molecule has 604 valence electrons. The Balaban J connectivity index is 1.04. The standard InChI is InChI=1S/C74H130N2O28/c1-5-7-9-11-13-15-17-19-21-23-25-27-29-51(30-28-26-24-22-20-18-16-14-12-10-8-6-2)69(90)76-52-33-31-50(32-34-52)47-96-40-39-94-36-35-93-37-38-95-41-42-97-70-64(89)68(102-71-62(87)61(86)58(83)48(3)98-71)65(56(46-79)100-70)101-72-63(88)67(60(85)55(45-78)99-72)104-74(73(91)92)43-53(81)57(75-49(4)80)66(103-74)59(84)54(82)44-77/h31-34,48,51,53-68,70-72,77-79,81-89H,5-30,35-47H2,1-4H3,(H,75,80)(H,76,90)(H,91,92)/t48-,53-,54+,55+,56+,57+,58+,59+,60-,61+,62-,63+,64+,65+,66+,67-,68+,70+,71-,72-,74-/m0/s1. The van der Waals surface area contributed by atoms with Gasteiger partial charge in [0.05, 0.1) is 97.5 Å². The number of carbonyl (C=O) groups is 3. The number of rotatable bonds is 56. The van der Waals surface area contributed by atoms with E-state index in [1.54, 1.807) is 0 Å². The Hall–Kier alpha value is -3.33. The van der Waals surface area contributed by atoms with Gasteiger partial charge >= 0.3 is 5.97 Å². The van der Waals surface area contributed by atoms with Gasteiger partial charge in [-0.1, -0.05) is 180 Å². The quantitative estimate of drug-likeness (QED) is 0.0414. The average molecular weight is 1500 g/mol. The maximum absolute atomic E-state index is 13.7. The fraction of sp³-hybridized carbons (Fsp3) is 0.878. The molecule has 4 heterocycles. The molecule has 2 amide bonds. The molecule has 1 aromatic rings. The van der Waals surface area contributed by atoms with Crippen LogP contribution in [-0.4, -0.2) is 285 Å². The number of amides is 2. The summed E-state index contributed by atoms with van der Waals surface area (Å²) < 4.78 is 69.6. The second-order valence-electron chi connectivity index (χ2n) is 28.3. The van der Waals surface area contributed by atoms with Gasteiger partial charge < -0.3 is 134 Å². The number of carboxylic acid groups (broad SMARTS) is 1. The van der Waals surface area contributed by atoms with E-state index in [4.69, 9.17) is 56.8 Å². The van der Waals surface area contributed by atoms with E-state index in [0.29, 0.717) is 19.8 Å². The van der Waals surface area contributed by atoms with E-state index >= 15 is 0 Å². The molecule has 30 nitrogen and oxygen atoms in total. The zero-order valence-corrected chi connectivity index (χ0v) is 61.9. The van der Waals surface area contributed by atoms with E-state index in [1.165, 1.54) is 148 Å². The van der Waals surface area contributed by atoms with Gasteiger partial charge in [-0.15, -0.1) is 0 Å². The number of unbranched alkanes of at least 4 members (excludes halogenated alkanes) is 22. The Morgan fingerprint density at radius 1 is 0.538 bits per heavy atom. The summed E-state index contributed by atoms with van der Waals surface area (Å²) in [5.74, 6) is -5.83. The van der Waals surface area contributed by atoms with E-state index in [2.05, 4.69) is 24.5 Å². The molecule has 15 N–H and O–H groups in total. The molecular weight excluding hydrogens is 1360 g/mol. The first-order chi connectivity index (χ1) is 50.1. The number of aliphatic hydroxyl groups excluding tert-OH is 12. The molecule has 4 saturated heterocycles. The number of benzene rings is 1. The van der Waals surface area contributed by atoms with Crippen molar-refractivity contribution in [3.05, 3.63) is 29.8 Å². The van der Waals surface area contributed by atoms with Crippen molar-refractivity contribution in [3.8, 4) is 0 Å². The van der Waals surface area contributed by atoms with Crippen LogP contribution in [0.15, 0.2) is 24.3 Å². The highest BCUT2D eigenvalue weighted by Crippen LogP contribution is 2.40. The Kier molecular flexibility index (Phi) is 44.9. The van der Waals surface area contributed by atoms with Crippen molar-refractivity contribution in [2.24, 2.45) is 5.92 Å². The number of carboxylic acids is 1. The van der Waals surface area contributed by atoms with Gasteiger partial charge in [-0.25, -0.2) is 4.79 Å². The largest absolute Gasteiger partial charge is 0.477 e. The lowest BCUT2D eigenvalue weighted by molar-refractivity contribution is -0.398. The Morgan fingerprint density at radius 2 is 1.00 bits per heavy atom. The molecule has 21 atom stereocenters.